The molecule has 28 heavy (non-hydrogen) atoms. The van der Waals surface area contributed by atoms with Crippen LogP contribution in [0.3, 0.4) is 0 Å². The van der Waals surface area contributed by atoms with Gasteiger partial charge in [0.25, 0.3) is 15.9 Å². The van der Waals surface area contributed by atoms with Gasteiger partial charge < -0.3 is 15.5 Å². The van der Waals surface area contributed by atoms with Crippen LogP contribution in [-0.2, 0) is 10.0 Å². The Kier molecular flexibility index (Phi) is 4.91. The van der Waals surface area contributed by atoms with Gasteiger partial charge in [-0.25, -0.2) is 0 Å². The average molecular weight is 398 g/mol. The van der Waals surface area contributed by atoms with Gasteiger partial charge in [-0.1, -0.05) is 12.1 Å². The molecule has 2 aliphatic rings. The summed E-state index contributed by atoms with van der Waals surface area (Å²) in [5.41, 5.74) is 1.83. The Morgan fingerprint density at radius 1 is 1.11 bits per heavy atom. The lowest BCUT2D eigenvalue weighted by molar-refractivity contribution is 0.0703. The highest BCUT2D eigenvalue weighted by Crippen LogP contribution is 2.26. The molecule has 0 atom stereocenters. The molecule has 4 rings (SSSR count). The number of nitrogens with zero attached hydrogens (tertiary/aromatic N) is 2. The molecule has 1 saturated heterocycles. The van der Waals surface area contributed by atoms with Gasteiger partial charge in [0, 0.05) is 29.9 Å². The molecule has 0 aliphatic carbocycles. The van der Waals surface area contributed by atoms with Gasteiger partial charge in [0.15, 0.2) is 5.84 Å². The molecule has 146 valence electrons. The van der Waals surface area contributed by atoms with Crippen molar-refractivity contribution in [2.45, 2.75) is 23.8 Å². The van der Waals surface area contributed by atoms with Gasteiger partial charge in [0.2, 0.25) is 0 Å². The predicted octanol–water partition coefficient (Wildman–Crippen LogP) is 2.07. The van der Waals surface area contributed by atoms with Crippen LogP contribution in [0.1, 0.15) is 28.8 Å². The Morgan fingerprint density at radius 2 is 1.79 bits per heavy atom. The van der Waals surface area contributed by atoms with Crippen molar-refractivity contribution < 1.29 is 13.2 Å². The maximum atomic E-state index is 12.7. The van der Waals surface area contributed by atoms with E-state index in [1.54, 1.807) is 48.5 Å². The van der Waals surface area contributed by atoms with E-state index in [0.29, 0.717) is 22.6 Å². The van der Waals surface area contributed by atoms with Crippen molar-refractivity contribution in [3.8, 4) is 0 Å². The minimum absolute atomic E-state index is 0.00965. The zero-order valence-electron chi connectivity index (χ0n) is 15.6. The van der Waals surface area contributed by atoms with Crippen molar-refractivity contribution in [1.29, 1.82) is 0 Å². The highest BCUT2D eigenvalue weighted by Gasteiger charge is 2.28. The molecular weight excluding hydrogens is 376 g/mol. The summed E-state index contributed by atoms with van der Waals surface area (Å²) < 4.78 is 28.1. The highest BCUT2D eigenvalue weighted by atomic mass is 32.2. The number of fused-ring (bicyclic) bond motifs is 1. The fourth-order valence-electron chi connectivity index (χ4n) is 3.59. The third-order valence-electron chi connectivity index (χ3n) is 5.20. The molecule has 0 aromatic heterocycles. The maximum absolute atomic E-state index is 12.7. The molecule has 0 spiro atoms. The standard InChI is InChI=1S/C20H22N4O3S/c1-24(16-10-12-21-13-11-16)20(25)14-6-8-15(9-7-14)22-19-17-4-2-3-5-18(17)28(26,27)23-19/h2-9,16,21H,10-13H2,1H3,(H,22,23). The number of nitrogens with one attached hydrogen (secondary N) is 2. The van der Waals surface area contributed by atoms with Crippen molar-refractivity contribution in [3.63, 3.8) is 0 Å². The van der Waals surface area contributed by atoms with E-state index in [4.69, 9.17) is 0 Å². The number of benzene rings is 2. The zero-order valence-corrected chi connectivity index (χ0v) is 16.4. The number of amidine groups is 1. The van der Waals surface area contributed by atoms with Crippen LogP contribution in [0.5, 0.6) is 0 Å². The molecule has 2 aliphatic heterocycles. The van der Waals surface area contributed by atoms with Crippen molar-refractivity contribution in [3.05, 3.63) is 59.7 Å². The lowest BCUT2D eigenvalue weighted by atomic mass is 10.0. The van der Waals surface area contributed by atoms with Gasteiger partial charge in [-0.15, -0.1) is 4.40 Å². The molecule has 0 unspecified atom stereocenters. The second kappa shape index (κ2) is 7.37. The van der Waals surface area contributed by atoms with E-state index in [0.717, 1.165) is 25.9 Å². The van der Waals surface area contributed by atoms with Crippen LogP contribution in [0.4, 0.5) is 5.69 Å². The summed E-state index contributed by atoms with van der Waals surface area (Å²) in [6, 6.07) is 14.0. The topological polar surface area (TPSA) is 90.9 Å². The third kappa shape index (κ3) is 3.53. The molecule has 2 heterocycles. The smallest absolute Gasteiger partial charge is 0.285 e. The number of anilines is 1. The van der Waals surface area contributed by atoms with Crippen LogP contribution in [0, 0.1) is 0 Å². The van der Waals surface area contributed by atoms with E-state index in [2.05, 4.69) is 15.0 Å². The molecule has 2 N–H and O–H groups in total. The van der Waals surface area contributed by atoms with E-state index in [9.17, 15) is 13.2 Å². The van der Waals surface area contributed by atoms with Gasteiger partial charge in [0.05, 0.1) is 0 Å². The van der Waals surface area contributed by atoms with Crippen LogP contribution in [0.2, 0.25) is 0 Å². The number of piperidine rings is 1. The molecule has 7 nitrogen and oxygen atoms in total. The Hall–Kier alpha value is -2.71. The van der Waals surface area contributed by atoms with Crippen LogP contribution in [-0.4, -0.2) is 51.2 Å². The van der Waals surface area contributed by atoms with Gasteiger partial charge in [-0.05, 0) is 62.3 Å². The number of carbonyl (C=O) groups is 1. The highest BCUT2D eigenvalue weighted by molar-refractivity contribution is 7.90. The van der Waals surface area contributed by atoms with E-state index < -0.39 is 10.0 Å². The summed E-state index contributed by atoms with van der Waals surface area (Å²) in [5, 5.41) is 6.35. The first kappa shape index (κ1) is 18.6. The number of carbonyl (C=O) groups excluding carboxylic acids is 1. The molecule has 1 amide bonds. The van der Waals surface area contributed by atoms with Crippen molar-refractivity contribution in [2.24, 2.45) is 4.40 Å². The van der Waals surface area contributed by atoms with Crippen LogP contribution < -0.4 is 10.6 Å². The summed E-state index contributed by atoms with van der Waals surface area (Å²) in [4.78, 5) is 14.7. The maximum Gasteiger partial charge on any atom is 0.285 e. The number of sulfonamides is 1. The predicted molar refractivity (Wildman–Crippen MR) is 108 cm³/mol. The number of amides is 1. The van der Waals surface area contributed by atoms with Gasteiger partial charge in [-0.2, -0.15) is 8.42 Å². The molecule has 2 aromatic rings. The lowest BCUT2D eigenvalue weighted by Gasteiger charge is -2.31. The Bertz CT molecular complexity index is 1030. The Balaban J connectivity index is 1.49. The van der Waals surface area contributed by atoms with E-state index >= 15 is 0 Å². The molecule has 0 bridgehead atoms. The van der Waals surface area contributed by atoms with Crippen LogP contribution in [0.15, 0.2) is 57.8 Å². The molecule has 0 radical (unpaired) electrons. The summed E-state index contributed by atoms with van der Waals surface area (Å²) >= 11 is 0. The first-order chi connectivity index (χ1) is 13.5. The van der Waals surface area contributed by atoms with E-state index in [1.807, 2.05) is 11.9 Å². The van der Waals surface area contributed by atoms with Gasteiger partial charge in [-0.3, -0.25) is 4.79 Å². The summed E-state index contributed by atoms with van der Waals surface area (Å²) in [6.07, 6.45) is 1.91. The fraction of sp³-hybridized carbons (Fsp3) is 0.300. The fourth-order valence-corrected chi connectivity index (χ4v) is 4.77. The number of hydrogen-bond acceptors (Lipinski definition) is 5. The van der Waals surface area contributed by atoms with Gasteiger partial charge >= 0.3 is 0 Å². The molecule has 1 fully saturated rings. The zero-order chi connectivity index (χ0) is 19.7. The largest absolute Gasteiger partial charge is 0.339 e. The van der Waals surface area contributed by atoms with Crippen molar-refractivity contribution in [1.82, 2.24) is 10.2 Å². The first-order valence-electron chi connectivity index (χ1n) is 9.25. The second-order valence-corrected chi connectivity index (χ2v) is 8.58. The second-order valence-electron chi connectivity index (χ2n) is 7.01. The van der Waals surface area contributed by atoms with Gasteiger partial charge in [0.1, 0.15) is 4.90 Å². The molecule has 0 saturated carbocycles. The summed E-state index contributed by atoms with van der Waals surface area (Å²) in [6.45, 7) is 1.86. The average Bonchev–Trinajstić information content (AvgIpc) is 2.98. The minimum atomic E-state index is -3.66. The third-order valence-corrected chi connectivity index (χ3v) is 6.54. The lowest BCUT2D eigenvalue weighted by Crippen LogP contribution is -2.43. The number of hydrogen-bond donors (Lipinski definition) is 2. The van der Waals surface area contributed by atoms with E-state index in [-0.39, 0.29) is 16.8 Å². The van der Waals surface area contributed by atoms with Crippen molar-refractivity contribution in [2.75, 3.05) is 25.5 Å². The Morgan fingerprint density at radius 3 is 2.50 bits per heavy atom. The molecule has 2 aromatic carbocycles. The van der Waals surface area contributed by atoms with Crippen molar-refractivity contribution >= 4 is 27.5 Å². The monoisotopic (exact) mass is 398 g/mol. The molecule has 8 heteroatoms. The molecular formula is C20H22N4O3S. The Labute approximate surface area is 164 Å². The minimum Gasteiger partial charge on any atom is -0.339 e. The van der Waals surface area contributed by atoms with Crippen LogP contribution >= 0.6 is 0 Å². The normalized spacial score (nSPS) is 18.2. The first-order valence-corrected chi connectivity index (χ1v) is 10.7. The summed E-state index contributed by atoms with van der Waals surface area (Å²) in [5.74, 6) is 0.283. The quantitative estimate of drug-likeness (QED) is 0.826. The van der Waals surface area contributed by atoms with E-state index in [1.165, 1.54) is 0 Å². The SMILES string of the molecule is CN(C(=O)c1ccc(NC2=NS(=O)(=O)c3ccccc32)cc1)C1CCNCC1. The van der Waals surface area contributed by atoms with Crippen LogP contribution in [0.25, 0.3) is 0 Å². The number of rotatable bonds is 3. The summed E-state index contributed by atoms with van der Waals surface area (Å²) in [7, 11) is -1.81.